The van der Waals surface area contributed by atoms with Crippen molar-refractivity contribution in [2.24, 2.45) is 0 Å². The quantitative estimate of drug-likeness (QED) is 0.600. The highest BCUT2D eigenvalue weighted by atomic mass is 35.5. The molecule has 13 heavy (non-hydrogen) atoms. The molecule has 0 aliphatic heterocycles. The Balaban J connectivity index is 0.00000144. The molecule has 0 spiro atoms. The lowest BCUT2D eigenvalue weighted by Gasteiger charge is -1.90. The predicted octanol–water partition coefficient (Wildman–Crippen LogP) is -0.818. The summed E-state index contributed by atoms with van der Waals surface area (Å²) in [5, 5.41) is 17.0. The predicted molar refractivity (Wildman–Crippen MR) is 42.9 cm³/mol. The molecule has 1 rings (SSSR count). The molecule has 0 saturated carbocycles. The maximum atomic E-state index is 10.5. The molecule has 0 amide bonds. The Labute approximate surface area is 81.2 Å². The zero-order valence-electron chi connectivity index (χ0n) is 6.86. The Morgan fingerprint density at radius 3 is 2.62 bits per heavy atom. The molecule has 0 saturated heterocycles. The van der Waals surface area contributed by atoms with E-state index in [-0.39, 0.29) is 23.7 Å². The Morgan fingerprint density at radius 2 is 2.15 bits per heavy atom. The van der Waals surface area contributed by atoms with Gasteiger partial charge in [0.25, 0.3) is 0 Å². The van der Waals surface area contributed by atoms with Gasteiger partial charge in [0.05, 0.1) is 5.56 Å². The van der Waals surface area contributed by atoms with Crippen molar-refractivity contribution in [3.05, 3.63) is 34.3 Å². The topological polar surface area (TPSA) is 65.4 Å². The second-order valence-electron chi connectivity index (χ2n) is 2.41. The average Bonchev–Trinajstić information content (AvgIpc) is 2.05. The number of carboxylic acid groups (broad SMARTS) is 1. The third kappa shape index (κ3) is 2.42. The smallest absolute Gasteiger partial charge is 0.388 e. The van der Waals surface area contributed by atoms with Crippen molar-refractivity contribution in [1.29, 1.82) is 5.39 Å². The van der Waals surface area contributed by atoms with Gasteiger partial charge in [0.15, 0.2) is 4.98 Å². The fourth-order valence-corrected chi connectivity index (χ4v) is 0.850. The minimum atomic E-state index is -1.03. The maximum Gasteiger partial charge on any atom is 0.388 e. The Kier molecular flexibility index (Phi) is 3.89. The number of aryl methyl sites for hydroxylation is 1. The fraction of sp³-hybridized carbons (Fsp3) is 0.125. The number of benzene rings is 1. The first-order valence-electron chi connectivity index (χ1n) is 3.34. The van der Waals surface area contributed by atoms with Crippen LogP contribution in [-0.4, -0.2) is 11.1 Å². The lowest BCUT2D eigenvalue weighted by atomic mass is 10.1. The highest BCUT2D eigenvalue weighted by Gasteiger charge is 2.13. The maximum absolute atomic E-state index is 10.5. The molecular formula is C8H7ClN2O2. The van der Waals surface area contributed by atoms with Gasteiger partial charge in [0, 0.05) is 11.6 Å². The van der Waals surface area contributed by atoms with Crippen LogP contribution in [0, 0.1) is 12.3 Å². The summed E-state index contributed by atoms with van der Waals surface area (Å²) in [6.45, 7) is 1.74. The first kappa shape index (κ1) is 11.4. The van der Waals surface area contributed by atoms with E-state index < -0.39 is 5.97 Å². The molecule has 0 fully saturated rings. The van der Waals surface area contributed by atoms with Gasteiger partial charge in [0.2, 0.25) is 5.39 Å². The van der Waals surface area contributed by atoms with E-state index in [9.17, 15) is 4.79 Å². The van der Waals surface area contributed by atoms with Crippen molar-refractivity contribution in [2.45, 2.75) is 6.92 Å². The van der Waals surface area contributed by atoms with Gasteiger partial charge in [-0.2, -0.15) is 0 Å². The average molecular weight is 199 g/mol. The number of hydrogen-bond acceptors (Lipinski definition) is 2. The van der Waals surface area contributed by atoms with Crippen LogP contribution in [0.15, 0.2) is 18.2 Å². The van der Waals surface area contributed by atoms with Gasteiger partial charge in [-0.3, -0.25) is 0 Å². The number of diazo groups is 1. The number of hydrogen-bond donors (Lipinski definition) is 1. The van der Waals surface area contributed by atoms with Crippen LogP contribution in [-0.2, 0) is 0 Å². The second kappa shape index (κ2) is 4.43. The Morgan fingerprint density at radius 1 is 1.54 bits per heavy atom. The molecule has 0 radical (unpaired) electrons. The lowest BCUT2D eigenvalue weighted by Crippen LogP contribution is -3.00. The van der Waals surface area contributed by atoms with Gasteiger partial charge in [-0.1, -0.05) is 6.07 Å². The molecule has 4 nitrogen and oxygen atoms in total. The molecule has 0 aromatic heterocycles. The summed E-state index contributed by atoms with van der Waals surface area (Å²) in [7, 11) is 0. The van der Waals surface area contributed by atoms with Crippen LogP contribution >= 0.6 is 0 Å². The summed E-state index contributed by atoms with van der Waals surface area (Å²) in [6, 6.07) is 4.38. The molecule has 5 heteroatoms. The standard InChI is InChI=1S/C8H6N2O2.ClH/c1-5-2-3-6(8(11)12)4-7(5)10-9;/h2-4H,1H3;1H. The SMILES string of the molecule is Cc1ccc(C(=O)O)cc1[N+]#N.[Cl-]. The van der Waals surface area contributed by atoms with Crippen LogP contribution in [0.1, 0.15) is 15.9 Å². The number of aromatic carboxylic acids is 1. The van der Waals surface area contributed by atoms with Gasteiger partial charge in [-0.05, 0) is 13.0 Å². The molecule has 1 N–H and O–H groups in total. The summed E-state index contributed by atoms with van der Waals surface area (Å²) in [6.07, 6.45) is 0. The van der Waals surface area contributed by atoms with Gasteiger partial charge >= 0.3 is 11.7 Å². The summed E-state index contributed by atoms with van der Waals surface area (Å²) in [5.41, 5.74) is 1.14. The number of carbonyl (C=O) groups is 1. The van der Waals surface area contributed by atoms with Crippen molar-refractivity contribution < 1.29 is 22.3 Å². The molecule has 0 bridgehead atoms. The molecule has 0 aliphatic carbocycles. The molecule has 0 heterocycles. The number of nitrogens with zero attached hydrogens (tertiary/aromatic N) is 2. The van der Waals surface area contributed by atoms with Crippen LogP contribution in [0.4, 0.5) is 5.69 Å². The Bertz CT molecular complexity index is 371. The van der Waals surface area contributed by atoms with Crippen LogP contribution < -0.4 is 12.4 Å². The zero-order chi connectivity index (χ0) is 9.14. The highest BCUT2D eigenvalue weighted by molar-refractivity contribution is 5.89. The van der Waals surface area contributed by atoms with Gasteiger partial charge < -0.3 is 17.5 Å². The van der Waals surface area contributed by atoms with Crippen LogP contribution in [0.2, 0.25) is 0 Å². The van der Waals surface area contributed by atoms with Crippen molar-refractivity contribution >= 4 is 11.7 Å². The fourth-order valence-electron chi connectivity index (χ4n) is 0.850. The van der Waals surface area contributed by atoms with E-state index in [1.165, 1.54) is 12.1 Å². The molecule has 1 aromatic rings. The molecule has 68 valence electrons. The van der Waals surface area contributed by atoms with E-state index in [0.717, 1.165) is 5.56 Å². The summed E-state index contributed by atoms with van der Waals surface area (Å²) >= 11 is 0. The lowest BCUT2D eigenvalue weighted by molar-refractivity contribution is -0.0000183. The normalized spacial score (nSPS) is 8.31. The molecular weight excluding hydrogens is 192 g/mol. The number of rotatable bonds is 1. The molecule has 0 aliphatic rings. The third-order valence-electron chi connectivity index (χ3n) is 1.56. The van der Waals surface area contributed by atoms with Crippen molar-refractivity contribution in [2.75, 3.05) is 0 Å². The first-order valence-corrected chi connectivity index (χ1v) is 3.34. The van der Waals surface area contributed by atoms with Crippen molar-refractivity contribution in [3.8, 4) is 0 Å². The minimum Gasteiger partial charge on any atom is -1.00 e. The van der Waals surface area contributed by atoms with E-state index in [2.05, 4.69) is 4.98 Å². The molecule has 1 aromatic carbocycles. The van der Waals surface area contributed by atoms with Crippen LogP contribution in [0.25, 0.3) is 4.98 Å². The van der Waals surface area contributed by atoms with E-state index in [1.54, 1.807) is 13.0 Å². The highest BCUT2D eigenvalue weighted by Crippen LogP contribution is 2.19. The molecule has 0 unspecified atom stereocenters. The van der Waals surface area contributed by atoms with Gasteiger partial charge in [-0.25, -0.2) is 4.79 Å². The van der Waals surface area contributed by atoms with Gasteiger partial charge in [0.1, 0.15) is 0 Å². The van der Waals surface area contributed by atoms with Crippen molar-refractivity contribution in [3.63, 3.8) is 0 Å². The van der Waals surface area contributed by atoms with Crippen molar-refractivity contribution in [1.82, 2.24) is 0 Å². The Hall–Kier alpha value is -1.60. The van der Waals surface area contributed by atoms with E-state index in [4.69, 9.17) is 10.5 Å². The third-order valence-corrected chi connectivity index (χ3v) is 1.56. The minimum absolute atomic E-state index is 0. The summed E-state index contributed by atoms with van der Waals surface area (Å²) in [5.74, 6) is -1.03. The number of halogens is 1. The van der Waals surface area contributed by atoms with Crippen LogP contribution in [0.5, 0.6) is 0 Å². The van der Waals surface area contributed by atoms with Crippen LogP contribution in [0.3, 0.4) is 0 Å². The molecule has 0 atom stereocenters. The largest absolute Gasteiger partial charge is 1.00 e. The van der Waals surface area contributed by atoms with E-state index in [1.807, 2.05) is 0 Å². The zero-order valence-corrected chi connectivity index (χ0v) is 7.62. The first-order chi connectivity index (χ1) is 5.65. The number of carboxylic acids is 1. The van der Waals surface area contributed by atoms with E-state index in [0.29, 0.717) is 0 Å². The second-order valence-corrected chi connectivity index (χ2v) is 2.41. The summed E-state index contributed by atoms with van der Waals surface area (Å²) in [4.78, 5) is 13.4. The monoisotopic (exact) mass is 198 g/mol. The summed E-state index contributed by atoms with van der Waals surface area (Å²) < 4.78 is 0. The van der Waals surface area contributed by atoms with E-state index >= 15 is 0 Å². The van der Waals surface area contributed by atoms with Gasteiger partial charge in [-0.15, -0.1) is 0 Å².